The molecule has 0 saturated carbocycles. The molecule has 1 saturated heterocycles. The van der Waals surface area contributed by atoms with E-state index in [9.17, 15) is 14.4 Å². The third kappa shape index (κ3) is 6.32. The summed E-state index contributed by atoms with van der Waals surface area (Å²) in [6.07, 6.45) is -0.457. The van der Waals surface area contributed by atoms with Gasteiger partial charge >= 0.3 is 12.1 Å². The summed E-state index contributed by atoms with van der Waals surface area (Å²) < 4.78 is 10.1. The van der Waals surface area contributed by atoms with Crippen LogP contribution in [0.25, 0.3) is 0 Å². The Morgan fingerprint density at radius 1 is 1.00 bits per heavy atom. The average Bonchev–Trinajstić information content (AvgIpc) is 2.80. The lowest BCUT2D eigenvalue weighted by molar-refractivity contribution is -0.143. The van der Waals surface area contributed by atoms with Crippen LogP contribution in [0.15, 0.2) is 54.6 Å². The molecule has 1 aliphatic rings. The maximum Gasteiger partial charge on any atom is 0.408 e. The number of para-hydroxylation sites is 1. The van der Waals surface area contributed by atoms with E-state index in [0.717, 1.165) is 16.9 Å². The van der Waals surface area contributed by atoms with Crippen molar-refractivity contribution in [3.63, 3.8) is 0 Å². The maximum absolute atomic E-state index is 13.4. The van der Waals surface area contributed by atoms with E-state index in [1.807, 2.05) is 68.4 Å². The smallest absolute Gasteiger partial charge is 0.408 e. The highest BCUT2D eigenvalue weighted by Gasteiger charge is 2.42. The summed E-state index contributed by atoms with van der Waals surface area (Å²) in [5.74, 6) is -0.548. The number of methoxy groups -OCH3 is 1. The monoisotopic (exact) mass is 481 g/mol. The first-order chi connectivity index (χ1) is 16.4. The number of carbonyl (C=O) groups excluding carboxylic acids is 3. The Balaban J connectivity index is 1.71. The molecule has 0 unspecified atom stereocenters. The Hall–Kier alpha value is -3.55. The van der Waals surface area contributed by atoms with E-state index >= 15 is 0 Å². The number of hydrogen-bond donors (Lipinski definition) is 1. The lowest BCUT2D eigenvalue weighted by atomic mass is 9.95. The van der Waals surface area contributed by atoms with Crippen LogP contribution in [0.3, 0.4) is 0 Å². The average molecular weight is 482 g/mol. The van der Waals surface area contributed by atoms with Crippen LogP contribution < -0.4 is 15.1 Å². The van der Waals surface area contributed by atoms with Crippen LogP contribution >= 0.6 is 0 Å². The summed E-state index contributed by atoms with van der Waals surface area (Å²) in [4.78, 5) is 41.8. The molecule has 0 aliphatic carbocycles. The van der Waals surface area contributed by atoms with Gasteiger partial charge in [0.25, 0.3) is 5.91 Å². The molecule has 1 fully saturated rings. The molecule has 8 nitrogen and oxygen atoms in total. The first kappa shape index (κ1) is 26.1. The standard InChI is InChI=1S/C27H35N3O5/c1-26(2,3)35-25(33)28-22(23(31)34-6)18-19-12-14-20(15-13-19)29-16-17-30(27(4,5)24(29)32)21-10-8-7-9-11-21/h7-15,22H,16-18H2,1-6H3,(H,28,33)/t22-/m0/s1. The molecule has 2 aromatic carbocycles. The highest BCUT2D eigenvalue weighted by molar-refractivity contribution is 6.03. The number of anilines is 2. The van der Waals surface area contributed by atoms with Crippen molar-refractivity contribution in [1.29, 1.82) is 0 Å². The van der Waals surface area contributed by atoms with Crippen LogP contribution in [-0.4, -0.2) is 55.4 Å². The third-order valence-corrected chi connectivity index (χ3v) is 5.92. The number of ether oxygens (including phenoxy) is 2. The van der Waals surface area contributed by atoms with E-state index in [0.29, 0.717) is 13.1 Å². The Morgan fingerprint density at radius 2 is 1.63 bits per heavy atom. The molecule has 0 radical (unpaired) electrons. The number of esters is 1. The van der Waals surface area contributed by atoms with E-state index in [2.05, 4.69) is 10.2 Å². The van der Waals surface area contributed by atoms with Gasteiger partial charge in [0.1, 0.15) is 17.2 Å². The minimum atomic E-state index is -0.893. The molecule has 0 aromatic heterocycles. The van der Waals surface area contributed by atoms with E-state index in [1.54, 1.807) is 25.7 Å². The summed E-state index contributed by atoms with van der Waals surface area (Å²) in [5, 5.41) is 2.58. The van der Waals surface area contributed by atoms with Crippen LogP contribution in [0.1, 0.15) is 40.2 Å². The number of rotatable bonds is 6. The molecule has 1 atom stereocenters. The number of piperazine rings is 1. The number of carbonyl (C=O) groups is 3. The molecular formula is C27H35N3O5. The SMILES string of the molecule is COC(=O)[C@H](Cc1ccc(N2CCN(c3ccccc3)C(C)(C)C2=O)cc1)NC(=O)OC(C)(C)C. The van der Waals surface area contributed by atoms with Crippen molar-refractivity contribution in [1.82, 2.24) is 5.32 Å². The number of nitrogens with zero attached hydrogens (tertiary/aromatic N) is 2. The Morgan fingerprint density at radius 3 is 2.20 bits per heavy atom. The van der Waals surface area contributed by atoms with Crippen molar-refractivity contribution in [3.05, 3.63) is 60.2 Å². The van der Waals surface area contributed by atoms with Crippen molar-refractivity contribution < 1.29 is 23.9 Å². The predicted molar refractivity (Wildman–Crippen MR) is 136 cm³/mol. The summed E-state index contributed by atoms with van der Waals surface area (Å²) in [5.41, 5.74) is 1.24. The summed E-state index contributed by atoms with van der Waals surface area (Å²) >= 11 is 0. The lowest BCUT2D eigenvalue weighted by Crippen LogP contribution is -2.63. The maximum atomic E-state index is 13.4. The van der Waals surface area contributed by atoms with Gasteiger partial charge in [-0.15, -0.1) is 0 Å². The minimum absolute atomic E-state index is 0.0133. The van der Waals surface area contributed by atoms with Gasteiger partial charge in [-0.2, -0.15) is 0 Å². The zero-order chi connectivity index (χ0) is 25.8. The van der Waals surface area contributed by atoms with Gasteiger partial charge in [0.15, 0.2) is 0 Å². The molecule has 188 valence electrons. The number of nitrogens with one attached hydrogen (secondary N) is 1. The van der Waals surface area contributed by atoms with Crippen LogP contribution in [0, 0.1) is 0 Å². The normalized spacial score (nSPS) is 16.5. The van der Waals surface area contributed by atoms with E-state index in [1.165, 1.54) is 7.11 Å². The highest BCUT2D eigenvalue weighted by atomic mass is 16.6. The van der Waals surface area contributed by atoms with Crippen LogP contribution in [-0.2, 0) is 25.5 Å². The molecule has 3 rings (SSSR count). The third-order valence-electron chi connectivity index (χ3n) is 5.92. The molecular weight excluding hydrogens is 446 g/mol. The van der Waals surface area contributed by atoms with Crippen molar-refractivity contribution in [3.8, 4) is 0 Å². The van der Waals surface area contributed by atoms with Gasteiger partial charge in [-0.3, -0.25) is 4.79 Å². The van der Waals surface area contributed by atoms with Gasteiger partial charge in [-0.05, 0) is 64.4 Å². The van der Waals surface area contributed by atoms with Gasteiger partial charge < -0.3 is 24.6 Å². The van der Waals surface area contributed by atoms with Gasteiger partial charge in [0.2, 0.25) is 0 Å². The first-order valence-electron chi connectivity index (χ1n) is 11.7. The second-order valence-corrected chi connectivity index (χ2v) is 10.1. The summed E-state index contributed by atoms with van der Waals surface area (Å²) in [6.45, 7) is 10.4. The highest BCUT2D eigenvalue weighted by Crippen LogP contribution is 2.31. The number of hydrogen-bond acceptors (Lipinski definition) is 6. The van der Waals surface area contributed by atoms with Gasteiger partial charge in [-0.25, -0.2) is 9.59 Å². The fourth-order valence-corrected chi connectivity index (χ4v) is 4.17. The Kier molecular flexibility index (Phi) is 7.73. The van der Waals surface area contributed by atoms with E-state index in [4.69, 9.17) is 9.47 Å². The predicted octanol–water partition coefficient (Wildman–Crippen LogP) is 3.93. The van der Waals surface area contributed by atoms with Crippen molar-refractivity contribution in [2.45, 2.75) is 58.2 Å². The fourth-order valence-electron chi connectivity index (χ4n) is 4.17. The van der Waals surface area contributed by atoms with Gasteiger partial charge in [0.05, 0.1) is 7.11 Å². The second kappa shape index (κ2) is 10.4. The van der Waals surface area contributed by atoms with E-state index in [-0.39, 0.29) is 12.3 Å². The first-order valence-corrected chi connectivity index (χ1v) is 11.7. The van der Waals surface area contributed by atoms with E-state index < -0.39 is 29.2 Å². The summed E-state index contributed by atoms with van der Waals surface area (Å²) in [7, 11) is 1.28. The van der Waals surface area contributed by atoms with Gasteiger partial charge in [0, 0.05) is 30.9 Å². The van der Waals surface area contributed by atoms with Crippen LogP contribution in [0.2, 0.25) is 0 Å². The van der Waals surface area contributed by atoms with Crippen LogP contribution in [0.4, 0.5) is 16.2 Å². The Labute approximate surface area is 207 Å². The molecule has 1 heterocycles. The molecule has 8 heteroatoms. The zero-order valence-electron chi connectivity index (χ0n) is 21.3. The Bertz CT molecular complexity index is 1040. The molecule has 1 N–H and O–H groups in total. The molecule has 0 bridgehead atoms. The fraction of sp³-hybridized carbons (Fsp3) is 0.444. The summed E-state index contributed by atoms with van der Waals surface area (Å²) in [6, 6.07) is 16.5. The van der Waals surface area contributed by atoms with Crippen molar-refractivity contribution in [2.24, 2.45) is 0 Å². The number of benzene rings is 2. The lowest BCUT2D eigenvalue weighted by Gasteiger charge is -2.47. The number of alkyl carbamates (subject to hydrolysis) is 1. The topological polar surface area (TPSA) is 88.2 Å². The van der Waals surface area contributed by atoms with Crippen molar-refractivity contribution in [2.75, 3.05) is 30.0 Å². The largest absolute Gasteiger partial charge is 0.467 e. The van der Waals surface area contributed by atoms with Crippen LogP contribution in [0.5, 0.6) is 0 Å². The molecule has 2 aromatic rings. The van der Waals surface area contributed by atoms with Crippen molar-refractivity contribution >= 4 is 29.3 Å². The molecule has 2 amide bonds. The number of amides is 2. The minimum Gasteiger partial charge on any atom is -0.467 e. The molecule has 1 aliphatic heterocycles. The molecule has 35 heavy (non-hydrogen) atoms. The van der Waals surface area contributed by atoms with Gasteiger partial charge in [-0.1, -0.05) is 30.3 Å². The zero-order valence-corrected chi connectivity index (χ0v) is 21.3. The second-order valence-electron chi connectivity index (χ2n) is 10.1. The molecule has 0 spiro atoms. The quantitative estimate of drug-likeness (QED) is 0.629.